The maximum atomic E-state index is 11.6. The third kappa shape index (κ3) is 3.18. The van der Waals surface area contributed by atoms with Crippen LogP contribution in [-0.2, 0) is 16.6 Å². The lowest BCUT2D eigenvalue weighted by Gasteiger charge is -2.08. The smallest absolute Gasteiger partial charge is 0.336 e. The number of carbonyl (C=O) groups is 2. The molecule has 4 N–H and O–H groups in total. The fraction of sp³-hybridized carbons (Fsp3) is 0.444. The molecule has 1 unspecified atom stereocenters. The Hall–Kier alpha value is -2.09. The molecule has 0 aliphatic heterocycles. The molecule has 0 bridgehead atoms. The number of aliphatic hydroxyl groups is 1. The highest BCUT2D eigenvalue weighted by Gasteiger charge is 2.19. The molecule has 17 heavy (non-hydrogen) atoms. The number of nitrogens with two attached hydrogens (primary N) is 1. The molecule has 1 amide bonds. The molecule has 0 aliphatic rings. The fourth-order valence-electron chi connectivity index (χ4n) is 1.18. The Balaban J connectivity index is 2.56. The number of ether oxygens (including phenoxy) is 1. The van der Waals surface area contributed by atoms with Crippen LogP contribution in [0.3, 0.4) is 0 Å². The number of anilines is 1. The molecule has 8 heteroatoms. The molecular weight excluding hydrogens is 228 g/mol. The van der Waals surface area contributed by atoms with E-state index in [1.165, 1.54) is 10.9 Å². The normalized spacial score (nSPS) is 11.9. The number of aliphatic hydroxyl groups excluding tert-OH is 1. The Kier molecular flexibility index (Phi) is 4.05. The maximum absolute atomic E-state index is 11.6. The first-order valence-electron chi connectivity index (χ1n) is 4.79. The van der Waals surface area contributed by atoms with Crippen molar-refractivity contribution < 1.29 is 19.4 Å². The van der Waals surface area contributed by atoms with Crippen LogP contribution < -0.4 is 11.1 Å². The topological polar surface area (TPSA) is 119 Å². The first kappa shape index (κ1) is 13.0. The van der Waals surface area contributed by atoms with Gasteiger partial charge < -0.3 is 20.9 Å². The summed E-state index contributed by atoms with van der Waals surface area (Å²) in [6.07, 6.45) is 0.0694. The lowest BCUT2D eigenvalue weighted by molar-refractivity contribution is -0.149. The number of hydrogen-bond donors (Lipinski definition) is 3. The van der Waals surface area contributed by atoms with Crippen LogP contribution >= 0.6 is 0 Å². The quantitative estimate of drug-likeness (QED) is 0.539. The van der Waals surface area contributed by atoms with E-state index in [0.717, 1.165) is 7.11 Å². The number of hydrogen-bond acceptors (Lipinski definition) is 6. The Labute approximate surface area is 97.3 Å². The Morgan fingerprint density at radius 3 is 2.82 bits per heavy atom. The number of carbonyl (C=O) groups excluding carboxylic acids is 2. The predicted molar refractivity (Wildman–Crippen MR) is 58.0 cm³/mol. The third-order valence-electron chi connectivity index (χ3n) is 2.00. The molecule has 0 aromatic carbocycles. The maximum Gasteiger partial charge on any atom is 0.336 e. The second-order valence-corrected chi connectivity index (χ2v) is 3.36. The molecule has 0 fully saturated rings. The standard InChI is InChI=1S/C9H14N4O4/c1-13-4-5(10)7(12-13)8(15)11-3-6(14)9(16)17-2/h4,6,14H,3,10H2,1-2H3,(H,11,15). The van der Waals surface area contributed by atoms with E-state index in [1.807, 2.05) is 0 Å². The summed E-state index contributed by atoms with van der Waals surface area (Å²) in [7, 11) is 2.76. The van der Waals surface area contributed by atoms with Gasteiger partial charge in [0.1, 0.15) is 0 Å². The second-order valence-electron chi connectivity index (χ2n) is 3.36. The predicted octanol–water partition coefficient (Wildman–Crippen LogP) is -1.73. The largest absolute Gasteiger partial charge is 0.467 e. The van der Waals surface area contributed by atoms with E-state index in [-0.39, 0.29) is 17.9 Å². The van der Waals surface area contributed by atoms with Gasteiger partial charge in [0.15, 0.2) is 11.8 Å². The van der Waals surface area contributed by atoms with E-state index in [2.05, 4.69) is 15.2 Å². The summed E-state index contributed by atoms with van der Waals surface area (Å²) >= 11 is 0. The number of amides is 1. The lowest BCUT2D eigenvalue weighted by Crippen LogP contribution is -2.37. The number of rotatable bonds is 4. The van der Waals surface area contributed by atoms with Gasteiger partial charge in [-0.1, -0.05) is 0 Å². The minimum absolute atomic E-state index is 0.0459. The van der Waals surface area contributed by atoms with Crippen molar-refractivity contribution in [2.24, 2.45) is 7.05 Å². The van der Waals surface area contributed by atoms with Crippen LogP contribution in [0.2, 0.25) is 0 Å². The van der Waals surface area contributed by atoms with Crippen LogP contribution in [0.4, 0.5) is 5.69 Å². The molecule has 0 radical (unpaired) electrons. The van der Waals surface area contributed by atoms with Crippen LogP contribution in [0.25, 0.3) is 0 Å². The Morgan fingerprint density at radius 2 is 2.35 bits per heavy atom. The van der Waals surface area contributed by atoms with E-state index in [4.69, 9.17) is 5.73 Å². The van der Waals surface area contributed by atoms with E-state index in [1.54, 1.807) is 7.05 Å². The van der Waals surface area contributed by atoms with Gasteiger partial charge in [0.2, 0.25) is 0 Å². The van der Waals surface area contributed by atoms with Crippen LogP contribution in [0.15, 0.2) is 6.20 Å². The monoisotopic (exact) mass is 242 g/mol. The van der Waals surface area contributed by atoms with Gasteiger partial charge in [-0.3, -0.25) is 9.48 Å². The molecule has 1 aromatic rings. The number of nitrogens with one attached hydrogen (secondary N) is 1. The first-order chi connectivity index (χ1) is 7.95. The molecule has 1 aromatic heterocycles. The van der Waals surface area contributed by atoms with Crippen molar-refractivity contribution in [3.05, 3.63) is 11.9 Å². The summed E-state index contributed by atoms with van der Waals surface area (Å²) in [5, 5.41) is 15.4. The van der Waals surface area contributed by atoms with Gasteiger partial charge in [-0.15, -0.1) is 0 Å². The molecule has 0 saturated heterocycles. The highest BCUT2D eigenvalue weighted by molar-refractivity contribution is 5.97. The highest BCUT2D eigenvalue weighted by Crippen LogP contribution is 2.07. The summed E-state index contributed by atoms with van der Waals surface area (Å²) in [6, 6.07) is 0. The second kappa shape index (κ2) is 5.30. The van der Waals surface area contributed by atoms with Gasteiger partial charge in [0.25, 0.3) is 5.91 Å². The van der Waals surface area contributed by atoms with Gasteiger partial charge in [-0.2, -0.15) is 5.10 Å². The number of esters is 1. The number of aromatic nitrogens is 2. The van der Waals surface area contributed by atoms with Gasteiger partial charge in [0, 0.05) is 13.2 Å². The van der Waals surface area contributed by atoms with E-state index >= 15 is 0 Å². The number of nitrogens with zero attached hydrogens (tertiary/aromatic N) is 2. The average Bonchev–Trinajstić information content (AvgIpc) is 2.63. The zero-order valence-electron chi connectivity index (χ0n) is 9.51. The van der Waals surface area contributed by atoms with E-state index in [9.17, 15) is 14.7 Å². The summed E-state index contributed by atoms with van der Waals surface area (Å²) < 4.78 is 5.68. The van der Waals surface area contributed by atoms with Crippen molar-refractivity contribution in [1.29, 1.82) is 0 Å². The van der Waals surface area contributed by atoms with Crippen molar-refractivity contribution in [2.75, 3.05) is 19.4 Å². The molecule has 94 valence electrons. The molecule has 0 spiro atoms. The zero-order valence-corrected chi connectivity index (χ0v) is 9.51. The van der Waals surface area contributed by atoms with E-state index < -0.39 is 18.0 Å². The minimum atomic E-state index is -1.41. The SMILES string of the molecule is COC(=O)C(O)CNC(=O)c1nn(C)cc1N. The fourth-order valence-corrected chi connectivity index (χ4v) is 1.18. The Bertz CT molecular complexity index is 429. The molecule has 1 atom stereocenters. The van der Waals surface area contributed by atoms with Gasteiger partial charge in [-0.05, 0) is 0 Å². The van der Waals surface area contributed by atoms with Crippen LogP contribution in [0.5, 0.6) is 0 Å². The molecule has 0 aliphatic carbocycles. The molecule has 1 heterocycles. The molecule has 0 saturated carbocycles. The summed E-state index contributed by atoms with van der Waals surface area (Å²) in [6.45, 7) is -0.262. The summed E-state index contributed by atoms with van der Waals surface area (Å²) in [5.41, 5.74) is 5.80. The van der Waals surface area contributed by atoms with Crippen molar-refractivity contribution in [1.82, 2.24) is 15.1 Å². The Morgan fingerprint density at radius 1 is 1.71 bits per heavy atom. The van der Waals surface area contributed by atoms with Crippen molar-refractivity contribution in [3.63, 3.8) is 0 Å². The van der Waals surface area contributed by atoms with Crippen LogP contribution in [-0.4, -0.2) is 46.5 Å². The highest BCUT2D eigenvalue weighted by atomic mass is 16.5. The summed E-state index contributed by atoms with van der Waals surface area (Å²) in [4.78, 5) is 22.4. The van der Waals surface area contributed by atoms with Crippen LogP contribution in [0, 0.1) is 0 Å². The van der Waals surface area contributed by atoms with Crippen LogP contribution in [0.1, 0.15) is 10.5 Å². The van der Waals surface area contributed by atoms with Gasteiger partial charge in [-0.25, -0.2) is 4.79 Å². The zero-order chi connectivity index (χ0) is 13.0. The van der Waals surface area contributed by atoms with Crippen molar-refractivity contribution >= 4 is 17.6 Å². The number of nitrogen functional groups attached to an aromatic ring is 1. The van der Waals surface area contributed by atoms with Gasteiger partial charge in [0.05, 0.1) is 19.3 Å². The number of methoxy groups -OCH3 is 1. The minimum Gasteiger partial charge on any atom is -0.467 e. The molecular formula is C9H14N4O4. The summed E-state index contributed by atoms with van der Waals surface area (Å²) in [5.74, 6) is -1.38. The first-order valence-corrected chi connectivity index (χ1v) is 4.79. The van der Waals surface area contributed by atoms with E-state index in [0.29, 0.717) is 0 Å². The number of aryl methyl sites for hydroxylation is 1. The third-order valence-corrected chi connectivity index (χ3v) is 2.00. The van der Waals surface area contributed by atoms with Crippen molar-refractivity contribution in [3.8, 4) is 0 Å². The lowest BCUT2D eigenvalue weighted by atomic mass is 10.3. The average molecular weight is 242 g/mol. The molecule has 1 rings (SSSR count). The van der Waals surface area contributed by atoms with Crippen molar-refractivity contribution in [2.45, 2.75) is 6.10 Å². The molecule has 8 nitrogen and oxygen atoms in total. The van der Waals surface area contributed by atoms with Gasteiger partial charge >= 0.3 is 5.97 Å².